The van der Waals surface area contributed by atoms with Crippen molar-refractivity contribution in [3.8, 4) is 11.3 Å². The third-order valence-electron chi connectivity index (χ3n) is 3.13. The van der Waals surface area contributed by atoms with E-state index in [1.54, 1.807) is 24.3 Å². The number of fused-ring (bicyclic) bond motifs is 1. The van der Waals surface area contributed by atoms with Gasteiger partial charge in [0.25, 0.3) is 6.43 Å². The van der Waals surface area contributed by atoms with Crippen LogP contribution in [0.2, 0.25) is 0 Å². The number of aromatic nitrogens is 1. The van der Waals surface area contributed by atoms with E-state index in [9.17, 15) is 8.78 Å². The van der Waals surface area contributed by atoms with Crippen LogP contribution in [0.1, 0.15) is 12.0 Å². The number of rotatable bonds is 2. The Hall–Kier alpha value is -1.81. The molecule has 1 aromatic heterocycles. The second-order valence-electron chi connectivity index (χ2n) is 4.39. The van der Waals surface area contributed by atoms with E-state index in [1.165, 1.54) is 6.07 Å². The summed E-state index contributed by atoms with van der Waals surface area (Å²) in [5, 5.41) is 0.498. The van der Waals surface area contributed by atoms with E-state index >= 15 is 0 Å². The summed E-state index contributed by atoms with van der Waals surface area (Å²) in [6.07, 6.45) is -2.52. The number of para-hydroxylation sites is 1. The Balaban J connectivity index is 2.30. The lowest BCUT2D eigenvalue weighted by molar-refractivity contribution is 0.153. The minimum atomic E-state index is -2.52. The van der Waals surface area contributed by atoms with E-state index in [4.69, 9.17) is 0 Å². The van der Waals surface area contributed by atoms with Crippen molar-refractivity contribution in [1.29, 1.82) is 0 Å². The first-order valence-electron chi connectivity index (χ1n) is 6.09. The van der Waals surface area contributed by atoms with Crippen LogP contribution < -0.4 is 0 Å². The minimum Gasteiger partial charge on any atom is -0.248 e. The van der Waals surface area contributed by atoms with E-state index in [0.717, 1.165) is 10.0 Å². The summed E-state index contributed by atoms with van der Waals surface area (Å²) < 4.78 is 27.3. The molecule has 0 aliphatic rings. The van der Waals surface area contributed by atoms with Gasteiger partial charge >= 0.3 is 0 Å². The van der Waals surface area contributed by atoms with Gasteiger partial charge in [-0.05, 0) is 18.2 Å². The highest BCUT2D eigenvalue weighted by Crippen LogP contribution is 2.33. The average molecular weight is 334 g/mol. The zero-order valence-electron chi connectivity index (χ0n) is 10.4. The number of halogens is 3. The molecular formula is C16H10BrF2N. The van der Waals surface area contributed by atoms with Crippen LogP contribution in [0.15, 0.2) is 59.1 Å². The Bertz CT molecular complexity index is 771. The molecule has 0 atom stereocenters. The summed E-state index contributed by atoms with van der Waals surface area (Å²) >= 11 is 3.43. The zero-order chi connectivity index (χ0) is 14.1. The van der Waals surface area contributed by atoms with Gasteiger partial charge in [0.05, 0.1) is 11.2 Å². The van der Waals surface area contributed by atoms with E-state index in [1.807, 2.05) is 24.3 Å². The molecule has 0 spiro atoms. The Morgan fingerprint density at radius 1 is 0.950 bits per heavy atom. The van der Waals surface area contributed by atoms with Crippen LogP contribution in [-0.2, 0) is 0 Å². The van der Waals surface area contributed by atoms with Gasteiger partial charge in [0, 0.05) is 21.0 Å². The highest BCUT2D eigenvalue weighted by molar-refractivity contribution is 9.10. The second-order valence-corrected chi connectivity index (χ2v) is 5.25. The smallest absolute Gasteiger partial charge is 0.248 e. The van der Waals surface area contributed by atoms with Crippen LogP contribution in [0, 0.1) is 0 Å². The van der Waals surface area contributed by atoms with Gasteiger partial charge in [0.15, 0.2) is 0 Å². The molecule has 0 bridgehead atoms. The number of hydrogen-bond acceptors (Lipinski definition) is 1. The summed E-state index contributed by atoms with van der Waals surface area (Å²) in [4.78, 5) is 4.49. The second kappa shape index (κ2) is 5.29. The van der Waals surface area contributed by atoms with Crippen molar-refractivity contribution in [2.75, 3.05) is 0 Å². The van der Waals surface area contributed by atoms with E-state index < -0.39 is 6.43 Å². The number of nitrogens with zero attached hydrogens (tertiary/aromatic N) is 1. The van der Waals surface area contributed by atoms with Gasteiger partial charge in [-0.15, -0.1) is 0 Å². The third-order valence-corrected chi connectivity index (χ3v) is 3.82. The number of alkyl halides is 2. The maximum absolute atomic E-state index is 13.3. The quantitative estimate of drug-likeness (QED) is 0.594. The lowest BCUT2D eigenvalue weighted by Gasteiger charge is -2.10. The molecule has 0 saturated heterocycles. The number of benzene rings is 2. The molecule has 1 nitrogen and oxygen atoms in total. The van der Waals surface area contributed by atoms with Crippen molar-refractivity contribution in [1.82, 2.24) is 4.98 Å². The molecule has 0 unspecified atom stereocenters. The molecular weight excluding hydrogens is 324 g/mol. The van der Waals surface area contributed by atoms with Gasteiger partial charge < -0.3 is 0 Å². The van der Waals surface area contributed by atoms with Gasteiger partial charge in [-0.25, -0.2) is 13.8 Å². The number of hydrogen-bond donors (Lipinski definition) is 0. The van der Waals surface area contributed by atoms with Gasteiger partial charge in [0.1, 0.15) is 0 Å². The maximum Gasteiger partial charge on any atom is 0.264 e. The lowest BCUT2D eigenvalue weighted by Crippen LogP contribution is -1.93. The SMILES string of the molecule is FC(F)c1cc(-c2ccccc2Br)nc2ccccc12. The summed E-state index contributed by atoms with van der Waals surface area (Å²) in [7, 11) is 0. The molecule has 3 aromatic rings. The van der Waals surface area contributed by atoms with E-state index in [2.05, 4.69) is 20.9 Å². The number of pyridine rings is 1. The maximum atomic E-state index is 13.3. The fourth-order valence-corrected chi connectivity index (χ4v) is 2.68. The van der Waals surface area contributed by atoms with Gasteiger partial charge in [-0.3, -0.25) is 0 Å². The molecule has 0 fully saturated rings. The predicted octanol–water partition coefficient (Wildman–Crippen LogP) is 5.60. The van der Waals surface area contributed by atoms with Crippen LogP contribution in [0.3, 0.4) is 0 Å². The first-order chi connectivity index (χ1) is 9.66. The van der Waals surface area contributed by atoms with E-state index in [0.29, 0.717) is 16.6 Å². The summed E-state index contributed by atoms with van der Waals surface area (Å²) in [6, 6.07) is 15.9. The normalized spacial score (nSPS) is 11.2. The van der Waals surface area contributed by atoms with Crippen molar-refractivity contribution in [2.24, 2.45) is 0 Å². The van der Waals surface area contributed by atoms with Crippen molar-refractivity contribution in [2.45, 2.75) is 6.43 Å². The molecule has 0 saturated carbocycles. The molecule has 0 amide bonds. The van der Waals surface area contributed by atoms with Gasteiger partial charge in [0.2, 0.25) is 0 Å². The van der Waals surface area contributed by atoms with Crippen molar-refractivity contribution < 1.29 is 8.78 Å². The Morgan fingerprint density at radius 2 is 1.65 bits per heavy atom. The molecule has 4 heteroatoms. The topological polar surface area (TPSA) is 12.9 Å². The van der Waals surface area contributed by atoms with Crippen molar-refractivity contribution in [3.05, 3.63) is 64.6 Å². The molecule has 0 aliphatic heterocycles. The zero-order valence-corrected chi connectivity index (χ0v) is 11.9. The molecule has 100 valence electrons. The average Bonchev–Trinajstić information content (AvgIpc) is 2.46. The Kier molecular flexibility index (Phi) is 3.49. The van der Waals surface area contributed by atoms with Crippen molar-refractivity contribution >= 4 is 26.8 Å². The standard InChI is InChI=1S/C16H10BrF2N/c17-13-7-3-1-6-11(13)15-9-12(16(18)19)10-5-2-4-8-14(10)20-15/h1-9,16H. The molecule has 0 N–H and O–H groups in total. The van der Waals surface area contributed by atoms with Crippen LogP contribution in [0.5, 0.6) is 0 Å². The Labute approximate surface area is 123 Å². The first kappa shape index (κ1) is 13.2. The fraction of sp³-hybridized carbons (Fsp3) is 0.0625. The fourth-order valence-electron chi connectivity index (χ4n) is 2.19. The highest BCUT2D eigenvalue weighted by atomic mass is 79.9. The molecule has 20 heavy (non-hydrogen) atoms. The van der Waals surface area contributed by atoms with Crippen LogP contribution >= 0.6 is 15.9 Å². The summed E-state index contributed by atoms with van der Waals surface area (Å²) in [5.74, 6) is 0. The lowest BCUT2D eigenvalue weighted by atomic mass is 10.0. The van der Waals surface area contributed by atoms with Crippen LogP contribution in [-0.4, -0.2) is 4.98 Å². The monoisotopic (exact) mass is 333 g/mol. The largest absolute Gasteiger partial charge is 0.264 e. The predicted molar refractivity (Wildman–Crippen MR) is 79.8 cm³/mol. The Morgan fingerprint density at radius 3 is 2.40 bits per heavy atom. The van der Waals surface area contributed by atoms with Crippen molar-refractivity contribution in [3.63, 3.8) is 0 Å². The molecule has 3 rings (SSSR count). The highest BCUT2D eigenvalue weighted by Gasteiger charge is 2.15. The summed E-state index contributed by atoms with van der Waals surface area (Å²) in [6.45, 7) is 0. The van der Waals surface area contributed by atoms with Gasteiger partial charge in [-0.2, -0.15) is 0 Å². The van der Waals surface area contributed by atoms with E-state index in [-0.39, 0.29) is 5.56 Å². The molecule has 0 aliphatic carbocycles. The first-order valence-corrected chi connectivity index (χ1v) is 6.89. The third kappa shape index (κ3) is 2.31. The minimum absolute atomic E-state index is 0.0151. The van der Waals surface area contributed by atoms with Crippen LogP contribution in [0.25, 0.3) is 22.2 Å². The van der Waals surface area contributed by atoms with Gasteiger partial charge in [-0.1, -0.05) is 52.3 Å². The summed E-state index contributed by atoms with van der Waals surface area (Å²) in [5.41, 5.74) is 1.95. The molecule has 0 radical (unpaired) electrons. The van der Waals surface area contributed by atoms with Crippen LogP contribution in [0.4, 0.5) is 8.78 Å². The molecule has 1 heterocycles. The molecule has 2 aromatic carbocycles.